The van der Waals surface area contributed by atoms with E-state index >= 15 is 0 Å². The largest absolute Gasteiger partial charge is 0.488 e. The van der Waals surface area contributed by atoms with Gasteiger partial charge in [0.15, 0.2) is 5.70 Å². The Morgan fingerprint density at radius 2 is 1.86 bits per heavy atom. The number of rotatable bonds is 5. The maximum atomic E-state index is 12.3. The van der Waals surface area contributed by atoms with Gasteiger partial charge in [0.2, 0.25) is 5.90 Å². The Kier molecular flexibility index (Phi) is 5.58. The lowest BCUT2D eigenvalue weighted by Gasteiger charge is -2.09. The zero-order valence-corrected chi connectivity index (χ0v) is 17.3. The van der Waals surface area contributed by atoms with E-state index in [1.807, 2.05) is 60.7 Å². The molecule has 0 unspecified atom stereocenters. The summed E-state index contributed by atoms with van der Waals surface area (Å²) in [6.45, 7) is 2.49. The van der Waals surface area contributed by atoms with E-state index in [0.717, 1.165) is 21.2 Å². The normalized spacial score (nSPS) is 14.6. The van der Waals surface area contributed by atoms with Gasteiger partial charge in [-0.3, -0.25) is 0 Å². The molecule has 0 aromatic heterocycles. The molecular formula is C24H18BrNO3. The number of benzene rings is 3. The van der Waals surface area contributed by atoms with Crippen LogP contribution in [0.3, 0.4) is 0 Å². The Balaban J connectivity index is 1.58. The van der Waals surface area contributed by atoms with Crippen LogP contribution in [0.5, 0.6) is 5.75 Å². The second-order valence-electron chi connectivity index (χ2n) is 6.66. The molecule has 1 aliphatic heterocycles. The van der Waals surface area contributed by atoms with Gasteiger partial charge in [0, 0.05) is 15.6 Å². The molecule has 0 atom stereocenters. The van der Waals surface area contributed by atoms with Crippen molar-refractivity contribution in [2.45, 2.75) is 13.5 Å². The van der Waals surface area contributed by atoms with Crippen molar-refractivity contribution in [1.82, 2.24) is 0 Å². The number of esters is 1. The van der Waals surface area contributed by atoms with Crippen LogP contribution in [-0.4, -0.2) is 11.9 Å². The van der Waals surface area contributed by atoms with E-state index in [0.29, 0.717) is 18.3 Å². The standard InChI is InChI=1S/C24H18BrNO3/c1-16-6-4-7-17(12-16)15-28-22-11-3-2-8-18(22)14-21-24(27)29-23(26-21)19-9-5-10-20(25)13-19/h2-14H,15H2,1H3/b21-14-. The number of carbonyl (C=O) groups excluding carboxylic acids is 1. The third kappa shape index (κ3) is 4.63. The molecular weight excluding hydrogens is 430 g/mol. The highest BCUT2D eigenvalue weighted by atomic mass is 79.9. The van der Waals surface area contributed by atoms with Gasteiger partial charge in [0.25, 0.3) is 0 Å². The van der Waals surface area contributed by atoms with Gasteiger partial charge in [-0.25, -0.2) is 9.79 Å². The summed E-state index contributed by atoms with van der Waals surface area (Å²) < 4.78 is 12.2. The minimum Gasteiger partial charge on any atom is -0.488 e. The van der Waals surface area contributed by atoms with Crippen molar-refractivity contribution in [3.05, 3.63) is 105 Å². The van der Waals surface area contributed by atoms with Crippen LogP contribution in [0.1, 0.15) is 22.3 Å². The maximum absolute atomic E-state index is 12.3. The smallest absolute Gasteiger partial charge is 0.363 e. The van der Waals surface area contributed by atoms with E-state index in [1.165, 1.54) is 5.56 Å². The SMILES string of the molecule is Cc1cccc(COc2ccccc2/C=C2\N=C(c3cccc(Br)c3)OC2=O)c1. The molecule has 3 aromatic carbocycles. The predicted molar refractivity (Wildman–Crippen MR) is 117 cm³/mol. The van der Waals surface area contributed by atoms with Gasteiger partial charge in [-0.15, -0.1) is 0 Å². The number of nitrogens with zero attached hydrogens (tertiary/aromatic N) is 1. The Morgan fingerprint density at radius 3 is 2.69 bits per heavy atom. The summed E-state index contributed by atoms with van der Waals surface area (Å²) in [6.07, 6.45) is 1.69. The predicted octanol–water partition coefficient (Wildman–Crippen LogP) is 5.68. The molecule has 4 nitrogen and oxygen atoms in total. The summed E-state index contributed by atoms with van der Waals surface area (Å²) in [5.41, 5.74) is 4.02. The monoisotopic (exact) mass is 447 g/mol. The van der Waals surface area contributed by atoms with Gasteiger partial charge in [-0.1, -0.05) is 70.0 Å². The number of para-hydroxylation sites is 1. The zero-order valence-electron chi connectivity index (χ0n) is 15.8. The van der Waals surface area contributed by atoms with Crippen LogP contribution in [0.15, 0.2) is 88.0 Å². The lowest BCUT2D eigenvalue weighted by Crippen LogP contribution is -2.05. The van der Waals surface area contributed by atoms with Crippen molar-refractivity contribution >= 4 is 33.9 Å². The topological polar surface area (TPSA) is 47.9 Å². The second kappa shape index (κ2) is 8.45. The van der Waals surface area contributed by atoms with Crippen LogP contribution in [0.2, 0.25) is 0 Å². The summed E-state index contributed by atoms with van der Waals surface area (Å²) in [4.78, 5) is 16.7. The van der Waals surface area contributed by atoms with Gasteiger partial charge in [-0.2, -0.15) is 0 Å². The molecule has 29 heavy (non-hydrogen) atoms. The summed E-state index contributed by atoms with van der Waals surface area (Å²) in [6, 6.07) is 23.2. The second-order valence-corrected chi connectivity index (χ2v) is 7.58. The van der Waals surface area contributed by atoms with Crippen molar-refractivity contribution in [3.8, 4) is 5.75 Å². The Bertz CT molecular complexity index is 1130. The third-order valence-corrected chi connectivity index (χ3v) is 4.87. The molecule has 0 N–H and O–H groups in total. The lowest BCUT2D eigenvalue weighted by molar-refractivity contribution is -0.129. The number of aryl methyl sites for hydroxylation is 1. The fourth-order valence-electron chi connectivity index (χ4n) is 3.00. The molecule has 144 valence electrons. The lowest BCUT2D eigenvalue weighted by atomic mass is 10.1. The Hall–Kier alpha value is -3.18. The third-order valence-electron chi connectivity index (χ3n) is 4.38. The van der Waals surface area contributed by atoms with E-state index in [2.05, 4.69) is 40.0 Å². The van der Waals surface area contributed by atoms with Crippen molar-refractivity contribution in [3.63, 3.8) is 0 Å². The molecule has 0 spiro atoms. The molecule has 1 heterocycles. The molecule has 0 saturated heterocycles. The highest BCUT2D eigenvalue weighted by Crippen LogP contribution is 2.26. The van der Waals surface area contributed by atoms with E-state index in [9.17, 15) is 4.79 Å². The highest BCUT2D eigenvalue weighted by molar-refractivity contribution is 9.10. The molecule has 5 heteroatoms. The van der Waals surface area contributed by atoms with Crippen molar-refractivity contribution in [2.24, 2.45) is 4.99 Å². The van der Waals surface area contributed by atoms with Gasteiger partial charge in [0.05, 0.1) is 0 Å². The average molecular weight is 448 g/mol. The molecule has 1 aliphatic rings. The van der Waals surface area contributed by atoms with Gasteiger partial charge < -0.3 is 9.47 Å². The van der Waals surface area contributed by atoms with Crippen molar-refractivity contribution in [1.29, 1.82) is 0 Å². The van der Waals surface area contributed by atoms with Crippen molar-refractivity contribution in [2.75, 3.05) is 0 Å². The van der Waals surface area contributed by atoms with E-state index in [-0.39, 0.29) is 5.70 Å². The first-order valence-corrected chi connectivity index (χ1v) is 9.94. The minimum atomic E-state index is -0.478. The first-order valence-electron chi connectivity index (χ1n) is 9.14. The number of hydrogen-bond acceptors (Lipinski definition) is 4. The summed E-state index contributed by atoms with van der Waals surface area (Å²) in [5.74, 6) is 0.495. The molecule has 0 bridgehead atoms. The Morgan fingerprint density at radius 1 is 1.03 bits per heavy atom. The first-order chi connectivity index (χ1) is 14.1. The van der Waals surface area contributed by atoms with E-state index in [4.69, 9.17) is 9.47 Å². The summed E-state index contributed by atoms with van der Waals surface area (Å²) in [7, 11) is 0. The zero-order chi connectivity index (χ0) is 20.2. The fraction of sp³-hybridized carbons (Fsp3) is 0.0833. The van der Waals surface area contributed by atoms with Crippen LogP contribution in [-0.2, 0) is 16.1 Å². The number of ether oxygens (including phenoxy) is 2. The van der Waals surface area contributed by atoms with Gasteiger partial charge in [0.1, 0.15) is 12.4 Å². The average Bonchev–Trinajstić information content (AvgIpc) is 3.08. The molecule has 4 rings (SSSR count). The molecule has 0 saturated carbocycles. The quantitative estimate of drug-likeness (QED) is 0.373. The number of cyclic esters (lactones) is 1. The molecule has 0 fully saturated rings. The maximum Gasteiger partial charge on any atom is 0.363 e. The number of aliphatic imine (C=N–C) groups is 1. The summed E-state index contributed by atoms with van der Waals surface area (Å²) >= 11 is 3.42. The van der Waals surface area contributed by atoms with E-state index < -0.39 is 5.97 Å². The van der Waals surface area contributed by atoms with Crippen LogP contribution in [0.4, 0.5) is 0 Å². The highest BCUT2D eigenvalue weighted by Gasteiger charge is 2.24. The molecule has 0 aliphatic carbocycles. The number of hydrogen-bond donors (Lipinski definition) is 0. The fourth-order valence-corrected chi connectivity index (χ4v) is 3.39. The van der Waals surface area contributed by atoms with Crippen molar-refractivity contribution < 1.29 is 14.3 Å². The summed E-state index contributed by atoms with van der Waals surface area (Å²) in [5, 5.41) is 0. The van der Waals surface area contributed by atoms with E-state index in [1.54, 1.807) is 6.08 Å². The van der Waals surface area contributed by atoms with Crippen LogP contribution >= 0.6 is 15.9 Å². The van der Waals surface area contributed by atoms with Gasteiger partial charge in [-0.05, 0) is 42.8 Å². The Labute approximate surface area is 177 Å². The van der Waals surface area contributed by atoms with Crippen LogP contribution < -0.4 is 4.74 Å². The molecule has 3 aromatic rings. The first kappa shape index (κ1) is 19.2. The minimum absolute atomic E-state index is 0.242. The van der Waals surface area contributed by atoms with Crippen LogP contribution in [0.25, 0.3) is 6.08 Å². The number of carbonyl (C=O) groups is 1. The molecule has 0 amide bonds. The van der Waals surface area contributed by atoms with Gasteiger partial charge >= 0.3 is 5.97 Å². The van der Waals surface area contributed by atoms with Crippen LogP contribution in [0, 0.1) is 6.92 Å². The number of halogens is 1. The molecule has 0 radical (unpaired) electrons.